The van der Waals surface area contributed by atoms with Crippen molar-refractivity contribution in [3.63, 3.8) is 0 Å². The highest BCUT2D eigenvalue weighted by atomic mass is 35.5. The normalized spacial score (nSPS) is 13.1. The van der Waals surface area contributed by atoms with Gasteiger partial charge in [0, 0.05) is 6.07 Å². The first kappa shape index (κ1) is 13.5. The van der Waals surface area contributed by atoms with E-state index in [1.165, 1.54) is 12.1 Å². The van der Waals surface area contributed by atoms with Crippen molar-refractivity contribution >= 4 is 23.3 Å². The summed E-state index contributed by atoms with van der Waals surface area (Å²) in [4.78, 5) is 0. The van der Waals surface area contributed by atoms with Gasteiger partial charge in [0.1, 0.15) is 5.82 Å². The minimum Gasteiger partial charge on any atom is -0.454 e. The molecule has 0 bridgehead atoms. The summed E-state index contributed by atoms with van der Waals surface area (Å²) < 4.78 is 23.8. The Bertz CT molecular complexity index is 780. The second-order valence-electron chi connectivity index (χ2n) is 4.41. The molecule has 0 aromatic heterocycles. The van der Waals surface area contributed by atoms with E-state index in [2.05, 4.69) is 6.07 Å². The number of rotatable bonds is 2. The molecule has 2 aromatic rings. The zero-order valence-electron chi connectivity index (χ0n) is 10.8. The van der Waals surface area contributed by atoms with Crippen LogP contribution in [0.3, 0.4) is 0 Å². The molecule has 3 nitrogen and oxygen atoms in total. The Balaban J connectivity index is 2.06. The summed E-state index contributed by atoms with van der Waals surface area (Å²) in [5.41, 5.74) is 1.42. The SMILES string of the molecule is N#C/C(=C/c1cc2c(cc1Cl)OCO2)c1cccc(F)c1. The zero-order valence-corrected chi connectivity index (χ0v) is 11.5. The number of hydrogen-bond acceptors (Lipinski definition) is 3. The first-order valence-corrected chi connectivity index (χ1v) is 6.52. The Hall–Kier alpha value is -2.51. The van der Waals surface area contributed by atoms with Gasteiger partial charge >= 0.3 is 0 Å². The molecule has 0 N–H and O–H groups in total. The van der Waals surface area contributed by atoms with Crippen LogP contribution in [-0.4, -0.2) is 6.79 Å². The molecule has 0 fully saturated rings. The van der Waals surface area contributed by atoms with Crippen LogP contribution >= 0.6 is 11.6 Å². The number of hydrogen-bond donors (Lipinski definition) is 0. The summed E-state index contributed by atoms with van der Waals surface area (Å²) in [6.45, 7) is 0.147. The van der Waals surface area contributed by atoms with Crippen molar-refractivity contribution < 1.29 is 13.9 Å². The van der Waals surface area contributed by atoms with Crippen molar-refractivity contribution in [3.8, 4) is 17.6 Å². The molecule has 1 heterocycles. The molecule has 1 aliphatic heterocycles. The number of nitrogens with zero attached hydrogens (tertiary/aromatic N) is 1. The first-order valence-electron chi connectivity index (χ1n) is 6.14. The van der Waals surface area contributed by atoms with Gasteiger partial charge in [-0.1, -0.05) is 23.7 Å². The van der Waals surface area contributed by atoms with Crippen LogP contribution in [0.15, 0.2) is 36.4 Å². The maximum Gasteiger partial charge on any atom is 0.231 e. The van der Waals surface area contributed by atoms with Crippen molar-refractivity contribution in [2.24, 2.45) is 0 Å². The molecule has 0 atom stereocenters. The fourth-order valence-electron chi connectivity index (χ4n) is 2.04. The minimum atomic E-state index is -0.398. The highest BCUT2D eigenvalue weighted by molar-refractivity contribution is 6.32. The Kier molecular flexibility index (Phi) is 3.51. The largest absolute Gasteiger partial charge is 0.454 e. The first-order chi connectivity index (χ1) is 10.2. The molecule has 0 saturated heterocycles. The average molecular weight is 302 g/mol. The summed E-state index contributed by atoms with van der Waals surface area (Å²) in [7, 11) is 0. The van der Waals surface area contributed by atoms with Gasteiger partial charge in [-0.25, -0.2) is 4.39 Å². The van der Waals surface area contributed by atoms with Crippen molar-refractivity contribution in [2.75, 3.05) is 6.79 Å². The van der Waals surface area contributed by atoms with Crippen molar-refractivity contribution in [1.29, 1.82) is 5.26 Å². The van der Waals surface area contributed by atoms with Gasteiger partial charge in [0.15, 0.2) is 11.5 Å². The van der Waals surface area contributed by atoms with E-state index in [-0.39, 0.29) is 6.79 Å². The number of ether oxygens (including phenoxy) is 2. The van der Waals surface area contributed by atoms with Crippen LogP contribution in [0.5, 0.6) is 11.5 Å². The molecule has 0 spiro atoms. The lowest BCUT2D eigenvalue weighted by Gasteiger charge is -2.04. The van der Waals surface area contributed by atoms with Crippen molar-refractivity contribution in [3.05, 3.63) is 58.4 Å². The highest BCUT2D eigenvalue weighted by Crippen LogP contribution is 2.38. The second kappa shape index (κ2) is 5.47. The van der Waals surface area contributed by atoms with Crippen LogP contribution in [0.1, 0.15) is 11.1 Å². The molecule has 0 saturated carbocycles. The van der Waals surface area contributed by atoms with E-state index >= 15 is 0 Å². The minimum absolute atomic E-state index is 0.147. The number of halogens is 2. The fourth-order valence-corrected chi connectivity index (χ4v) is 2.24. The van der Waals surface area contributed by atoms with Crippen LogP contribution in [0.25, 0.3) is 11.6 Å². The van der Waals surface area contributed by atoms with Gasteiger partial charge in [-0.15, -0.1) is 0 Å². The Morgan fingerprint density at radius 1 is 1.24 bits per heavy atom. The molecule has 3 rings (SSSR count). The third-order valence-electron chi connectivity index (χ3n) is 3.05. The van der Waals surface area contributed by atoms with Crippen LogP contribution in [0, 0.1) is 17.1 Å². The lowest BCUT2D eigenvalue weighted by molar-refractivity contribution is 0.174. The molecule has 0 aliphatic carbocycles. The Morgan fingerprint density at radius 3 is 2.71 bits per heavy atom. The lowest BCUT2D eigenvalue weighted by Crippen LogP contribution is -1.92. The van der Waals surface area contributed by atoms with E-state index in [4.69, 9.17) is 21.1 Å². The quantitative estimate of drug-likeness (QED) is 0.614. The van der Waals surface area contributed by atoms with Crippen LogP contribution in [-0.2, 0) is 0 Å². The van der Waals surface area contributed by atoms with Gasteiger partial charge in [-0.3, -0.25) is 0 Å². The molecule has 0 unspecified atom stereocenters. The Morgan fingerprint density at radius 2 is 2.00 bits per heavy atom. The number of nitriles is 1. The maximum atomic E-state index is 13.3. The van der Waals surface area contributed by atoms with Crippen LogP contribution in [0.2, 0.25) is 5.02 Å². The summed E-state index contributed by atoms with van der Waals surface area (Å²) >= 11 is 6.16. The van der Waals surface area contributed by atoms with Crippen molar-refractivity contribution in [1.82, 2.24) is 0 Å². The number of benzene rings is 2. The Labute approximate surface area is 125 Å². The van der Waals surface area contributed by atoms with Crippen LogP contribution < -0.4 is 9.47 Å². The molecule has 0 amide bonds. The molecule has 0 radical (unpaired) electrons. The molecule has 104 valence electrons. The van der Waals surface area contributed by atoms with Gasteiger partial charge in [-0.2, -0.15) is 5.26 Å². The molecule has 2 aromatic carbocycles. The van der Waals surface area contributed by atoms with E-state index in [1.807, 2.05) is 0 Å². The standard InChI is InChI=1S/C16H9ClFNO2/c17-14-7-16-15(20-9-21-16)6-11(14)4-12(8-19)10-2-1-3-13(18)5-10/h1-7H,9H2/b12-4-. The second-order valence-corrected chi connectivity index (χ2v) is 4.81. The smallest absolute Gasteiger partial charge is 0.231 e. The fraction of sp³-hybridized carbons (Fsp3) is 0.0625. The van der Waals surface area contributed by atoms with E-state index in [9.17, 15) is 9.65 Å². The molecular formula is C16H9ClFNO2. The molecule has 21 heavy (non-hydrogen) atoms. The maximum absolute atomic E-state index is 13.3. The van der Waals surface area contributed by atoms with E-state index in [0.29, 0.717) is 33.2 Å². The summed E-state index contributed by atoms with van der Waals surface area (Å²) in [6, 6.07) is 11.2. The third kappa shape index (κ3) is 2.69. The predicted molar refractivity (Wildman–Crippen MR) is 77.5 cm³/mol. The van der Waals surface area contributed by atoms with Gasteiger partial charge in [-0.05, 0) is 35.4 Å². The zero-order chi connectivity index (χ0) is 14.8. The topological polar surface area (TPSA) is 42.2 Å². The third-order valence-corrected chi connectivity index (χ3v) is 3.38. The van der Waals surface area contributed by atoms with E-state index < -0.39 is 5.82 Å². The number of fused-ring (bicyclic) bond motifs is 1. The lowest BCUT2D eigenvalue weighted by atomic mass is 10.0. The monoisotopic (exact) mass is 301 g/mol. The number of allylic oxidation sites excluding steroid dienone is 1. The van der Waals surface area contributed by atoms with Gasteiger partial charge in [0.25, 0.3) is 0 Å². The summed E-state index contributed by atoms with van der Waals surface area (Å²) in [5, 5.41) is 9.71. The summed E-state index contributed by atoms with van der Waals surface area (Å²) in [6.07, 6.45) is 1.60. The van der Waals surface area contributed by atoms with Gasteiger partial charge in [0.05, 0.1) is 16.7 Å². The summed E-state index contributed by atoms with van der Waals surface area (Å²) in [5.74, 6) is 0.744. The van der Waals surface area contributed by atoms with Crippen LogP contribution in [0.4, 0.5) is 4.39 Å². The predicted octanol–water partition coefficient (Wildman–Crippen LogP) is 4.27. The van der Waals surface area contributed by atoms with E-state index in [1.54, 1.807) is 30.3 Å². The molecular weight excluding hydrogens is 293 g/mol. The molecule has 1 aliphatic rings. The van der Waals surface area contributed by atoms with Crippen molar-refractivity contribution in [2.45, 2.75) is 0 Å². The molecule has 5 heteroatoms. The van der Waals surface area contributed by atoms with Gasteiger partial charge in [0.2, 0.25) is 6.79 Å². The van der Waals surface area contributed by atoms with E-state index in [0.717, 1.165) is 0 Å². The van der Waals surface area contributed by atoms with Gasteiger partial charge < -0.3 is 9.47 Å². The average Bonchev–Trinajstić information content (AvgIpc) is 2.91. The highest BCUT2D eigenvalue weighted by Gasteiger charge is 2.16.